The average molecular weight is 315 g/mol. The molecular weight excluding hydrogens is 286 g/mol. The topological polar surface area (TPSA) is 36.9 Å². The molecule has 0 spiro atoms. The van der Waals surface area contributed by atoms with Gasteiger partial charge < -0.3 is 15.0 Å². The third kappa shape index (κ3) is 4.25. The molecule has 1 aromatic rings. The maximum Gasteiger partial charge on any atom is 0.194 e. The Kier molecular flexibility index (Phi) is 5.55. The first-order chi connectivity index (χ1) is 11.3. The summed E-state index contributed by atoms with van der Waals surface area (Å²) in [5.41, 5.74) is 1.44. The molecule has 2 unspecified atom stereocenters. The van der Waals surface area contributed by atoms with Crippen molar-refractivity contribution in [3.63, 3.8) is 0 Å². The Bertz CT molecular complexity index is 509. The van der Waals surface area contributed by atoms with Crippen LogP contribution in [0.3, 0.4) is 0 Å². The number of rotatable bonds is 5. The normalized spacial score (nSPS) is 25.5. The van der Waals surface area contributed by atoms with Crippen molar-refractivity contribution >= 4 is 5.96 Å². The monoisotopic (exact) mass is 315 g/mol. The number of nitrogens with one attached hydrogen (secondary N) is 1. The average Bonchev–Trinajstić information content (AvgIpc) is 3.36. The van der Waals surface area contributed by atoms with E-state index in [1.54, 1.807) is 0 Å². The zero-order valence-electron chi connectivity index (χ0n) is 14.4. The van der Waals surface area contributed by atoms with E-state index in [0.717, 1.165) is 45.0 Å². The van der Waals surface area contributed by atoms with E-state index in [4.69, 9.17) is 9.73 Å². The van der Waals surface area contributed by atoms with Crippen LogP contribution < -0.4 is 5.32 Å². The minimum Gasteiger partial charge on any atom is -0.378 e. The van der Waals surface area contributed by atoms with Gasteiger partial charge in [0.2, 0.25) is 0 Å². The van der Waals surface area contributed by atoms with E-state index in [9.17, 15) is 0 Å². The van der Waals surface area contributed by atoms with Crippen molar-refractivity contribution < 1.29 is 4.74 Å². The standard InChI is InChI=1S/C19H29N3O/c1-3-20-19(22-12-10-16(11-13-22)23-4-2)21-18-14-17(18)15-8-6-5-7-9-15/h5-9,16-18H,3-4,10-14H2,1-2H3,(H,20,21). The van der Waals surface area contributed by atoms with E-state index < -0.39 is 0 Å². The largest absolute Gasteiger partial charge is 0.378 e. The molecule has 0 amide bonds. The molecule has 2 aliphatic rings. The fraction of sp³-hybridized carbons (Fsp3) is 0.632. The fourth-order valence-electron chi connectivity index (χ4n) is 3.45. The van der Waals surface area contributed by atoms with Crippen LogP contribution in [-0.4, -0.2) is 49.2 Å². The lowest BCUT2D eigenvalue weighted by molar-refractivity contribution is 0.0263. The fourth-order valence-corrected chi connectivity index (χ4v) is 3.45. The highest BCUT2D eigenvalue weighted by molar-refractivity contribution is 5.81. The lowest BCUT2D eigenvalue weighted by Crippen LogP contribution is -2.48. The van der Waals surface area contributed by atoms with Crippen molar-refractivity contribution in [2.24, 2.45) is 4.99 Å². The second-order valence-corrected chi connectivity index (χ2v) is 6.44. The Morgan fingerprint density at radius 3 is 2.61 bits per heavy atom. The summed E-state index contributed by atoms with van der Waals surface area (Å²) in [6, 6.07) is 11.3. The molecule has 0 bridgehead atoms. The SMILES string of the molecule is CCN=C(NC1CC1c1ccccc1)N1CCC(OCC)CC1. The van der Waals surface area contributed by atoms with Gasteiger partial charge in [-0.2, -0.15) is 0 Å². The second kappa shape index (κ2) is 7.82. The molecule has 1 aliphatic heterocycles. The number of guanidine groups is 1. The molecule has 1 aliphatic carbocycles. The number of piperidine rings is 1. The summed E-state index contributed by atoms with van der Waals surface area (Å²) < 4.78 is 5.75. The van der Waals surface area contributed by atoms with Gasteiger partial charge >= 0.3 is 0 Å². The van der Waals surface area contributed by atoms with E-state index in [1.807, 2.05) is 0 Å². The molecule has 0 radical (unpaired) electrons. The van der Waals surface area contributed by atoms with Crippen molar-refractivity contribution in [2.75, 3.05) is 26.2 Å². The minimum atomic E-state index is 0.428. The molecule has 23 heavy (non-hydrogen) atoms. The summed E-state index contributed by atoms with van der Waals surface area (Å²) in [6.45, 7) is 7.92. The first-order valence-electron chi connectivity index (χ1n) is 9.04. The second-order valence-electron chi connectivity index (χ2n) is 6.44. The molecule has 2 atom stereocenters. The van der Waals surface area contributed by atoms with Crippen molar-refractivity contribution in [1.29, 1.82) is 0 Å². The molecule has 3 rings (SSSR count). The van der Waals surface area contributed by atoms with Crippen LogP contribution in [0.2, 0.25) is 0 Å². The Morgan fingerprint density at radius 1 is 1.22 bits per heavy atom. The van der Waals surface area contributed by atoms with Crippen LogP contribution in [0, 0.1) is 0 Å². The molecule has 1 heterocycles. The Morgan fingerprint density at radius 2 is 1.96 bits per heavy atom. The number of ether oxygens (including phenoxy) is 1. The van der Waals surface area contributed by atoms with Gasteiger partial charge in [0.25, 0.3) is 0 Å². The van der Waals surface area contributed by atoms with Gasteiger partial charge in [-0.1, -0.05) is 30.3 Å². The number of hydrogen-bond donors (Lipinski definition) is 1. The highest BCUT2D eigenvalue weighted by Crippen LogP contribution is 2.40. The van der Waals surface area contributed by atoms with Crippen molar-refractivity contribution in [1.82, 2.24) is 10.2 Å². The number of benzene rings is 1. The van der Waals surface area contributed by atoms with Crippen LogP contribution in [0.15, 0.2) is 35.3 Å². The summed E-state index contributed by atoms with van der Waals surface area (Å²) in [6.07, 6.45) is 3.84. The van der Waals surface area contributed by atoms with Gasteiger partial charge in [0, 0.05) is 38.2 Å². The molecule has 2 fully saturated rings. The van der Waals surface area contributed by atoms with Crippen LogP contribution in [0.5, 0.6) is 0 Å². The molecule has 1 saturated heterocycles. The Balaban J connectivity index is 1.54. The molecular formula is C19H29N3O. The zero-order chi connectivity index (χ0) is 16.1. The summed E-state index contributed by atoms with van der Waals surface area (Å²) in [7, 11) is 0. The van der Waals surface area contributed by atoms with Crippen molar-refractivity contribution in [2.45, 2.75) is 51.2 Å². The van der Waals surface area contributed by atoms with Crippen LogP contribution >= 0.6 is 0 Å². The van der Waals surface area contributed by atoms with Gasteiger partial charge in [-0.25, -0.2) is 0 Å². The van der Waals surface area contributed by atoms with Gasteiger partial charge in [0.15, 0.2) is 5.96 Å². The summed E-state index contributed by atoms with van der Waals surface area (Å²) in [5, 5.41) is 3.69. The Hall–Kier alpha value is -1.55. The third-order valence-electron chi connectivity index (χ3n) is 4.78. The van der Waals surface area contributed by atoms with E-state index in [-0.39, 0.29) is 0 Å². The molecule has 4 nitrogen and oxygen atoms in total. The molecule has 1 aromatic carbocycles. The number of likely N-dealkylation sites (tertiary alicyclic amines) is 1. The highest BCUT2D eigenvalue weighted by Gasteiger charge is 2.39. The number of aliphatic imine (C=N–C) groups is 1. The smallest absolute Gasteiger partial charge is 0.194 e. The molecule has 126 valence electrons. The van der Waals surface area contributed by atoms with Crippen molar-refractivity contribution in [3.05, 3.63) is 35.9 Å². The van der Waals surface area contributed by atoms with E-state index >= 15 is 0 Å². The van der Waals surface area contributed by atoms with E-state index in [1.165, 1.54) is 12.0 Å². The summed E-state index contributed by atoms with van der Waals surface area (Å²) in [5.74, 6) is 1.73. The lowest BCUT2D eigenvalue weighted by Gasteiger charge is -2.34. The molecule has 0 aromatic heterocycles. The van der Waals surface area contributed by atoms with Crippen LogP contribution in [0.25, 0.3) is 0 Å². The third-order valence-corrected chi connectivity index (χ3v) is 4.78. The van der Waals surface area contributed by atoms with Crippen molar-refractivity contribution in [3.8, 4) is 0 Å². The lowest BCUT2D eigenvalue weighted by atomic mass is 10.1. The summed E-state index contributed by atoms with van der Waals surface area (Å²) in [4.78, 5) is 7.12. The first-order valence-corrected chi connectivity index (χ1v) is 9.04. The van der Waals surface area contributed by atoms with Gasteiger partial charge in [0.1, 0.15) is 0 Å². The van der Waals surface area contributed by atoms with E-state index in [2.05, 4.69) is 54.4 Å². The molecule has 4 heteroatoms. The van der Waals surface area contributed by atoms with Crippen LogP contribution in [-0.2, 0) is 4.74 Å². The first kappa shape index (κ1) is 16.3. The maximum atomic E-state index is 5.75. The predicted octanol–water partition coefficient (Wildman–Crippen LogP) is 3.01. The number of hydrogen-bond acceptors (Lipinski definition) is 2. The van der Waals surface area contributed by atoms with Gasteiger partial charge in [-0.05, 0) is 38.7 Å². The van der Waals surface area contributed by atoms with Crippen LogP contribution in [0.4, 0.5) is 0 Å². The molecule has 1 N–H and O–H groups in total. The van der Waals surface area contributed by atoms with Crippen LogP contribution in [0.1, 0.15) is 44.6 Å². The zero-order valence-corrected chi connectivity index (χ0v) is 14.4. The Labute approximate surface area is 139 Å². The van der Waals surface area contributed by atoms with Gasteiger partial charge in [0.05, 0.1) is 6.10 Å². The summed E-state index contributed by atoms with van der Waals surface area (Å²) >= 11 is 0. The predicted molar refractivity (Wildman–Crippen MR) is 94.9 cm³/mol. The molecule has 1 saturated carbocycles. The number of nitrogens with zero attached hydrogens (tertiary/aromatic N) is 2. The highest BCUT2D eigenvalue weighted by atomic mass is 16.5. The van der Waals surface area contributed by atoms with E-state index in [0.29, 0.717) is 18.1 Å². The van der Waals surface area contributed by atoms with Gasteiger partial charge in [-0.3, -0.25) is 4.99 Å². The van der Waals surface area contributed by atoms with Gasteiger partial charge in [-0.15, -0.1) is 0 Å². The minimum absolute atomic E-state index is 0.428. The maximum absolute atomic E-state index is 5.75. The quantitative estimate of drug-likeness (QED) is 0.670.